The van der Waals surface area contributed by atoms with Gasteiger partial charge in [-0.05, 0) is 54.8 Å². The second-order valence-corrected chi connectivity index (χ2v) is 8.58. The van der Waals surface area contributed by atoms with Crippen molar-refractivity contribution < 1.29 is 22.7 Å². The molecule has 1 saturated heterocycles. The van der Waals surface area contributed by atoms with Crippen LogP contribution in [0.4, 0.5) is 23.7 Å². The number of benzene rings is 1. The van der Waals surface area contributed by atoms with Crippen molar-refractivity contribution in [1.82, 2.24) is 14.9 Å². The molecule has 10 heteroatoms. The lowest BCUT2D eigenvalue weighted by Gasteiger charge is -2.28. The maximum atomic E-state index is 12.7. The number of piperidine rings is 1. The highest BCUT2D eigenvalue weighted by Gasteiger charge is 2.30. The van der Waals surface area contributed by atoms with Gasteiger partial charge in [0.15, 0.2) is 0 Å². The first-order valence-electron chi connectivity index (χ1n) is 10.4. The fourth-order valence-electron chi connectivity index (χ4n) is 3.47. The zero-order chi connectivity index (χ0) is 24.1. The van der Waals surface area contributed by atoms with Gasteiger partial charge >= 0.3 is 12.2 Å². The summed E-state index contributed by atoms with van der Waals surface area (Å²) in [5.74, 6) is 0.513. The van der Waals surface area contributed by atoms with E-state index in [2.05, 4.69) is 31.2 Å². The number of amides is 2. The topological polar surface area (TPSA) is 67.4 Å². The molecule has 0 spiro atoms. The van der Waals surface area contributed by atoms with Crippen LogP contribution < -0.4 is 10.1 Å². The lowest BCUT2D eigenvalue weighted by molar-refractivity contribution is -0.137. The highest BCUT2D eigenvalue weighted by atomic mass is 79.9. The number of carbonyl (C=O) groups excluding carboxylic acids is 1. The number of anilines is 1. The molecular formula is C24H20BrF3N4O2. The standard InChI is InChI=1S/C24H20BrF3N4O2/c25-19-11-17(12-21(13-19)34-22-4-3-18(14-30-22)24(26,27)28)10-16-5-8-32(9-6-16)23(33)31-20-2-1-7-29-15-20/h1-4,7,10-15H,5-6,8-9H2,(H,31,33). The Balaban J connectivity index is 1.38. The van der Waals surface area contributed by atoms with Gasteiger partial charge in [-0.25, -0.2) is 9.78 Å². The van der Waals surface area contributed by atoms with E-state index in [1.165, 1.54) is 11.6 Å². The van der Waals surface area contributed by atoms with Gasteiger partial charge in [0.25, 0.3) is 0 Å². The number of rotatable bonds is 4. The molecule has 0 atom stereocenters. The summed E-state index contributed by atoms with van der Waals surface area (Å²) in [5.41, 5.74) is 1.87. The predicted molar refractivity (Wildman–Crippen MR) is 125 cm³/mol. The van der Waals surface area contributed by atoms with E-state index in [-0.39, 0.29) is 11.9 Å². The zero-order valence-corrected chi connectivity index (χ0v) is 19.4. The first kappa shape index (κ1) is 23.7. The quantitative estimate of drug-likeness (QED) is 0.403. The number of nitrogens with one attached hydrogen (secondary N) is 1. The summed E-state index contributed by atoms with van der Waals surface area (Å²) in [5, 5.41) is 2.84. The zero-order valence-electron chi connectivity index (χ0n) is 17.8. The minimum absolute atomic E-state index is 0.0673. The van der Waals surface area contributed by atoms with E-state index in [0.717, 1.165) is 35.1 Å². The van der Waals surface area contributed by atoms with Gasteiger partial charge in [-0.15, -0.1) is 0 Å². The van der Waals surface area contributed by atoms with Crippen molar-refractivity contribution in [1.29, 1.82) is 0 Å². The first-order valence-corrected chi connectivity index (χ1v) is 11.2. The van der Waals surface area contributed by atoms with Crippen molar-refractivity contribution in [2.45, 2.75) is 19.0 Å². The van der Waals surface area contributed by atoms with Gasteiger partial charge in [0.2, 0.25) is 5.88 Å². The molecule has 0 radical (unpaired) electrons. The van der Waals surface area contributed by atoms with E-state index in [1.54, 1.807) is 41.6 Å². The minimum atomic E-state index is -4.45. The van der Waals surface area contributed by atoms with Crippen molar-refractivity contribution in [3.8, 4) is 11.6 Å². The van der Waals surface area contributed by atoms with Gasteiger partial charge < -0.3 is 15.0 Å². The van der Waals surface area contributed by atoms with Crippen LogP contribution in [-0.2, 0) is 6.18 Å². The molecule has 0 aliphatic carbocycles. The van der Waals surface area contributed by atoms with Crippen molar-refractivity contribution >= 4 is 33.7 Å². The molecule has 0 bridgehead atoms. The van der Waals surface area contributed by atoms with Gasteiger partial charge in [-0.2, -0.15) is 13.2 Å². The molecule has 1 aliphatic rings. The second-order valence-electron chi connectivity index (χ2n) is 7.67. The fourth-order valence-corrected chi connectivity index (χ4v) is 3.96. The van der Waals surface area contributed by atoms with E-state index in [0.29, 0.717) is 24.5 Å². The van der Waals surface area contributed by atoms with Crippen LogP contribution >= 0.6 is 15.9 Å². The summed E-state index contributed by atoms with van der Waals surface area (Å²) < 4.78 is 44.6. The van der Waals surface area contributed by atoms with Crippen LogP contribution in [0.1, 0.15) is 24.0 Å². The molecule has 1 aromatic carbocycles. The number of alkyl halides is 3. The molecule has 3 aromatic rings. The van der Waals surface area contributed by atoms with Gasteiger partial charge in [0.05, 0.1) is 17.4 Å². The Morgan fingerprint density at radius 1 is 1.12 bits per heavy atom. The minimum Gasteiger partial charge on any atom is -0.439 e. The number of pyridine rings is 2. The number of nitrogens with zero attached hydrogens (tertiary/aromatic N) is 3. The number of likely N-dealkylation sites (tertiary alicyclic amines) is 1. The van der Waals surface area contributed by atoms with Gasteiger partial charge in [-0.3, -0.25) is 4.98 Å². The van der Waals surface area contributed by atoms with E-state index in [4.69, 9.17) is 4.74 Å². The summed E-state index contributed by atoms with van der Waals surface area (Å²) >= 11 is 3.44. The number of halogens is 4. The number of hydrogen-bond acceptors (Lipinski definition) is 4. The average Bonchev–Trinajstić information content (AvgIpc) is 2.79. The monoisotopic (exact) mass is 532 g/mol. The number of urea groups is 1. The third-order valence-electron chi connectivity index (χ3n) is 5.16. The molecule has 0 unspecified atom stereocenters. The Morgan fingerprint density at radius 2 is 1.91 bits per heavy atom. The number of hydrogen-bond donors (Lipinski definition) is 1. The maximum Gasteiger partial charge on any atom is 0.417 e. The van der Waals surface area contributed by atoms with E-state index >= 15 is 0 Å². The smallest absolute Gasteiger partial charge is 0.417 e. The summed E-state index contributed by atoms with van der Waals surface area (Å²) in [6.07, 6.45) is 3.03. The third-order valence-corrected chi connectivity index (χ3v) is 5.61. The summed E-state index contributed by atoms with van der Waals surface area (Å²) in [7, 11) is 0. The van der Waals surface area contributed by atoms with E-state index in [1.807, 2.05) is 12.1 Å². The van der Waals surface area contributed by atoms with Crippen LogP contribution in [0.2, 0.25) is 0 Å². The van der Waals surface area contributed by atoms with Crippen LogP contribution in [0.5, 0.6) is 11.6 Å². The average molecular weight is 533 g/mol. The van der Waals surface area contributed by atoms with Gasteiger partial charge in [0.1, 0.15) is 5.75 Å². The first-order chi connectivity index (χ1) is 16.3. The van der Waals surface area contributed by atoms with Crippen molar-refractivity contribution in [2.75, 3.05) is 18.4 Å². The highest BCUT2D eigenvalue weighted by Crippen LogP contribution is 2.31. The third kappa shape index (κ3) is 6.34. The lowest BCUT2D eigenvalue weighted by Crippen LogP contribution is -2.39. The molecule has 4 rings (SSSR count). The van der Waals surface area contributed by atoms with E-state index in [9.17, 15) is 18.0 Å². The SMILES string of the molecule is O=C(Nc1cccnc1)N1CCC(=Cc2cc(Br)cc(Oc3ccc(C(F)(F)F)cn3)c2)CC1. The molecule has 2 amide bonds. The summed E-state index contributed by atoms with van der Waals surface area (Å²) in [6.45, 7) is 1.18. The number of carbonyl (C=O) groups is 1. The Kier molecular flexibility index (Phi) is 7.16. The normalized spacial score (nSPS) is 14.0. The van der Waals surface area contributed by atoms with Crippen LogP contribution in [-0.4, -0.2) is 34.0 Å². The highest BCUT2D eigenvalue weighted by molar-refractivity contribution is 9.10. The second kappa shape index (κ2) is 10.3. The molecule has 3 heterocycles. The largest absolute Gasteiger partial charge is 0.439 e. The molecule has 1 aliphatic heterocycles. The molecule has 6 nitrogen and oxygen atoms in total. The Labute approximate surface area is 202 Å². The Morgan fingerprint density at radius 3 is 2.56 bits per heavy atom. The molecule has 1 fully saturated rings. The van der Waals surface area contributed by atoms with Crippen LogP contribution in [0.25, 0.3) is 6.08 Å². The molecule has 2 aromatic heterocycles. The molecular weight excluding hydrogens is 513 g/mol. The summed E-state index contributed by atoms with van der Waals surface area (Å²) in [6, 6.07) is 10.9. The number of ether oxygens (including phenoxy) is 1. The molecule has 1 N–H and O–H groups in total. The van der Waals surface area contributed by atoms with Crippen LogP contribution in [0, 0.1) is 0 Å². The summed E-state index contributed by atoms with van der Waals surface area (Å²) in [4.78, 5) is 21.9. The molecule has 176 valence electrons. The maximum absolute atomic E-state index is 12.7. The van der Waals surface area contributed by atoms with Crippen molar-refractivity contribution in [2.24, 2.45) is 0 Å². The lowest BCUT2D eigenvalue weighted by atomic mass is 10.0. The predicted octanol–water partition coefficient (Wildman–Crippen LogP) is 6.76. The Bertz CT molecular complexity index is 1180. The van der Waals surface area contributed by atoms with Crippen molar-refractivity contribution in [3.05, 3.63) is 82.2 Å². The van der Waals surface area contributed by atoms with Gasteiger partial charge in [-0.1, -0.05) is 27.6 Å². The number of aromatic nitrogens is 2. The fraction of sp³-hybridized carbons (Fsp3) is 0.208. The molecule has 34 heavy (non-hydrogen) atoms. The van der Waals surface area contributed by atoms with E-state index < -0.39 is 11.7 Å². The molecule has 0 saturated carbocycles. The van der Waals surface area contributed by atoms with Crippen molar-refractivity contribution in [3.63, 3.8) is 0 Å². The van der Waals surface area contributed by atoms with Crippen LogP contribution in [0.15, 0.2) is 71.1 Å². The Hall–Kier alpha value is -3.40. The van der Waals surface area contributed by atoms with Gasteiger partial charge in [0, 0.05) is 36.0 Å². The van der Waals surface area contributed by atoms with Crippen LogP contribution in [0.3, 0.4) is 0 Å².